The summed E-state index contributed by atoms with van der Waals surface area (Å²) in [6.45, 7) is 0.222. The molecule has 0 bridgehead atoms. The molecule has 0 aliphatic rings. The third-order valence-corrected chi connectivity index (χ3v) is 4.17. The third-order valence-electron chi connectivity index (χ3n) is 2.75. The number of benzene rings is 2. The first-order chi connectivity index (χ1) is 9.77. The lowest BCUT2D eigenvalue weighted by atomic mass is 10.2. The van der Waals surface area contributed by atoms with Crippen LogP contribution in [0.1, 0.15) is 5.56 Å². The number of phenolic OH excluding ortho intramolecular Hbond substituents is 1. The Kier molecular flexibility index (Phi) is 4.63. The van der Waals surface area contributed by atoms with Gasteiger partial charge in [0.2, 0.25) is 10.0 Å². The maximum absolute atomic E-state index is 11.3. The van der Waals surface area contributed by atoms with Gasteiger partial charge in [0.15, 0.2) is 0 Å². The molecule has 0 heterocycles. The molecule has 0 aliphatic heterocycles. The van der Waals surface area contributed by atoms with Crippen LogP contribution in [0.5, 0.6) is 5.75 Å². The minimum atomic E-state index is -3.76. The van der Waals surface area contributed by atoms with Gasteiger partial charge in [-0.2, -0.15) is 0 Å². The first-order valence-corrected chi connectivity index (χ1v) is 8.11. The summed E-state index contributed by atoms with van der Waals surface area (Å²) in [6, 6.07) is 9.04. The Labute approximate surface area is 132 Å². The lowest BCUT2D eigenvalue weighted by Crippen LogP contribution is -2.12. The zero-order chi connectivity index (χ0) is 15.6. The summed E-state index contributed by atoms with van der Waals surface area (Å²) in [6.07, 6.45) is 0. The minimum Gasteiger partial charge on any atom is -0.506 e. The topological polar surface area (TPSA) is 92.4 Å². The standard InChI is InChI=1S/C13H12Cl2N2O3S/c14-9-4-8(13(18)12(15)5-9)7-17-10-2-1-3-11(6-10)21(16,19)20/h1-6,17-18H,7H2,(H2,16,19,20). The van der Waals surface area contributed by atoms with E-state index in [4.69, 9.17) is 28.3 Å². The molecule has 0 spiro atoms. The van der Waals surface area contributed by atoms with Crippen molar-refractivity contribution in [3.63, 3.8) is 0 Å². The molecule has 2 rings (SSSR count). The zero-order valence-electron chi connectivity index (χ0n) is 10.7. The van der Waals surface area contributed by atoms with Crippen LogP contribution < -0.4 is 10.5 Å². The van der Waals surface area contributed by atoms with E-state index in [-0.39, 0.29) is 22.2 Å². The Morgan fingerprint density at radius 3 is 2.57 bits per heavy atom. The average molecular weight is 347 g/mol. The van der Waals surface area contributed by atoms with Gasteiger partial charge < -0.3 is 10.4 Å². The molecular formula is C13H12Cl2N2O3S. The average Bonchev–Trinajstić information content (AvgIpc) is 2.40. The van der Waals surface area contributed by atoms with E-state index in [0.29, 0.717) is 16.3 Å². The largest absolute Gasteiger partial charge is 0.506 e. The van der Waals surface area contributed by atoms with Crippen LogP contribution in [0.2, 0.25) is 10.0 Å². The van der Waals surface area contributed by atoms with Crippen LogP contribution in [-0.4, -0.2) is 13.5 Å². The van der Waals surface area contributed by atoms with Gasteiger partial charge in [-0.25, -0.2) is 13.6 Å². The van der Waals surface area contributed by atoms with Crippen molar-refractivity contribution >= 4 is 38.9 Å². The van der Waals surface area contributed by atoms with Crippen molar-refractivity contribution in [2.24, 2.45) is 5.14 Å². The number of halogens is 2. The molecule has 0 aromatic heterocycles. The number of rotatable bonds is 4. The van der Waals surface area contributed by atoms with E-state index in [2.05, 4.69) is 5.32 Å². The number of aromatic hydroxyl groups is 1. The van der Waals surface area contributed by atoms with Crippen molar-refractivity contribution in [3.8, 4) is 5.75 Å². The number of primary sulfonamides is 1. The highest BCUT2D eigenvalue weighted by Crippen LogP contribution is 2.31. The lowest BCUT2D eigenvalue weighted by molar-refractivity contribution is 0.469. The van der Waals surface area contributed by atoms with Crippen LogP contribution in [0.4, 0.5) is 5.69 Å². The van der Waals surface area contributed by atoms with Crippen LogP contribution in [0, 0.1) is 0 Å². The molecule has 2 aromatic rings. The van der Waals surface area contributed by atoms with Crippen molar-refractivity contribution in [2.75, 3.05) is 5.32 Å². The smallest absolute Gasteiger partial charge is 0.238 e. The van der Waals surface area contributed by atoms with Crippen molar-refractivity contribution in [1.29, 1.82) is 0 Å². The van der Waals surface area contributed by atoms with Gasteiger partial charge in [-0.1, -0.05) is 29.3 Å². The summed E-state index contributed by atoms with van der Waals surface area (Å²) in [4.78, 5) is 0.000786. The predicted octanol–water partition coefficient (Wildman–Crippen LogP) is 2.96. The molecule has 0 radical (unpaired) electrons. The monoisotopic (exact) mass is 346 g/mol. The fourth-order valence-corrected chi connectivity index (χ4v) is 2.83. The van der Waals surface area contributed by atoms with Gasteiger partial charge in [-0.3, -0.25) is 0 Å². The predicted molar refractivity (Wildman–Crippen MR) is 83.3 cm³/mol. The minimum absolute atomic E-state index is 0.000786. The molecule has 0 aliphatic carbocycles. The van der Waals surface area contributed by atoms with Gasteiger partial charge in [0.05, 0.1) is 9.92 Å². The third kappa shape index (κ3) is 4.01. The van der Waals surface area contributed by atoms with Gasteiger partial charge in [-0.05, 0) is 30.3 Å². The van der Waals surface area contributed by atoms with Gasteiger partial charge >= 0.3 is 0 Å². The van der Waals surface area contributed by atoms with E-state index in [1.165, 1.54) is 18.2 Å². The van der Waals surface area contributed by atoms with E-state index in [0.717, 1.165) is 0 Å². The second-order valence-electron chi connectivity index (χ2n) is 4.32. The van der Waals surface area contributed by atoms with Gasteiger partial charge in [0, 0.05) is 22.8 Å². The number of nitrogens with one attached hydrogen (secondary N) is 1. The normalized spacial score (nSPS) is 11.4. The number of hydrogen-bond donors (Lipinski definition) is 3. The summed E-state index contributed by atoms with van der Waals surface area (Å²) in [7, 11) is -3.76. The van der Waals surface area contributed by atoms with Crippen LogP contribution in [0.25, 0.3) is 0 Å². The van der Waals surface area contributed by atoms with Gasteiger partial charge in [0.25, 0.3) is 0 Å². The highest BCUT2D eigenvalue weighted by Gasteiger charge is 2.10. The molecule has 4 N–H and O–H groups in total. The fourth-order valence-electron chi connectivity index (χ4n) is 1.73. The van der Waals surface area contributed by atoms with Crippen molar-refractivity contribution < 1.29 is 13.5 Å². The molecular weight excluding hydrogens is 335 g/mol. The Hall–Kier alpha value is -1.47. The van der Waals surface area contributed by atoms with Crippen LogP contribution in [-0.2, 0) is 16.6 Å². The van der Waals surface area contributed by atoms with E-state index in [1.807, 2.05) is 0 Å². The van der Waals surface area contributed by atoms with Crippen LogP contribution in [0.15, 0.2) is 41.3 Å². The maximum atomic E-state index is 11.3. The van der Waals surface area contributed by atoms with E-state index in [1.54, 1.807) is 18.2 Å². The van der Waals surface area contributed by atoms with Crippen LogP contribution in [0.3, 0.4) is 0 Å². The number of hydrogen-bond acceptors (Lipinski definition) is 4. The first kappa shape index (κ1) is 15.9. The molecule has 2 aromatic carbocycles. The molecule has 5 nitrogen and oxygen atoms in total. The Morgan fingerprint density at radius 1 is 1.19 bits per heavy atom. The molecule has 0 amide bonds. The number of nitrogens with two attached hydrogens (primary N) is 1. The molecule has 112 valence electrons. The molecule has 0 saturated heterocycles. The van der Waals surface area contributed by atoms with E-state index < -0.39 is 10.0 Å². The molecule has 8 heteroatoms. The highest BCUT2D eigenvalue weighted by atomic mass is 35.5. The summed E-state index contributed by atoms with van der Waals surface area (Å²) < 4.78 is 22.6. The Bertz CT molecular complexity index is 779. The van der Waals surface area contributed by atoms with E-state index >= 15 is 0 Å². The highest BCUT2D eigenvalue weighted by molar-refractivity contribution is 7.89. The first-order valence-electron chi connectivity index (χ1n) is 5.81. The number of sulfonamides is 1. The molecule has 0 fully saturated rings. The molecule has 0 saturated carbocycles. The summed E-state index contributed by atoms with van der Waals surface area (Å²) in [5, 5.41) is 18.4. The maximum Gasteiger partial charge on any atom is 0.238 e. The quantitative estimate of drug-likeness (QED) is 0.793. The van der Waals surface area contributed by atoms with Gasteiger partial charge in [-0.15, -0.1) is 0 Å². The summed E-state index contributed by atoms with van der Waals surface area (Å²) in [5.74, 6) is -0.0730. The fraction of sp³-hybridized carbons (Fsp3) is 0.0769. The zero-order valence-corrected chi connectivity index (χ0v) is 13.0. The van der Waals surface area contributed by atoms with Crippen molar-refractivity contribution in [3.05, 3.63) is 52.0 Å². The SMILES string of the molecule is NS(=O)(=O)c1cccc(NCc2cc(Cl)cc(Cl)c2O)c1. The summed E-state index contributed by atoms with van der Waals surface area (Å²) >= 11 is 11.7. The molecule has 0 unspecified atom stereocenters. The van der Waals surface area contributed by atoms with Crippen molar-refractivity contribution in [1.82, 2.24) is 0 Å². The summed E-state index contributed by atoms with van der Waals surface area (Å²) in [5.41, 5.74) is 1.03. The van der Waals surface area contributed by atoms with Crippen LogP contribution >= 0.6 is 23.2 Å². The van der Waals surface area contributed by atoms with Crippen molar-refractivity contribution in [2.45, 2.75) is 11.4 Å². The van der Waals surface area contributed by atoms with E-state index in [9.17, 15) is 13.5 Å². The Balaban J connectivity index is 2.21. The van der Waals surface area contributed by atoms with Gasteiger partial charge in [0.1, 0.15) is 5.75 Å². The molecule has 21 heavy (non-hydrogen) atoms. The second kappa shape index (κ2) is 6.11. The number of phenols is 1. The lowest BCUT2D eigenvalue weighted by Gasteiger charge is -2.10. The Morgan fingerprint density at radius 2 is 1.90 bits per heavy atom. The molecule has 0 atom stereocenters. The second-order valence-corrected chi connectivity index (χ2v) is 6.73. The number of anilines is 1.